The summed E-state index contributed by atoms with van der Waals surface area (Å²) in [7, 11) is 0. The average molecular weight is 318 g/mol. The second-order valence-electron chi connectivity index (χ2n) is 4.55. The van der Waals surface area contributed by atoms with Gasteiger partial charge >= 0.3 is 0 Å². The number of hydrogen-bond donors (Lipinski definition) is 4. The fourth-order valence-electron chi connectivity index (χ4n) is 1.29. The number of para-hydroxylation sites is 1. The zero-order valence-corrected chi connectivity index (χ0v) is 12.3. The fraction of sp³-hybridized carbons (Fsp3) is 0.286. The van der Waals surface area contributed by atoms with Crippen molar-refractivity contribution in [2.24, 2.45) is 5.73 Å². The van der Waals surface area contributed by atoms with Crippen molar-refractivity contribution >= 4 is 11.6 Å². The van der Waals surface area contributed by atoms with Gasteiger partial charge in [-0.2, -0.15) is 5.26 Å². The number of rotatable bonds is 5. The third-order valence-corrected chi connectivity index (χ3v) is 2.74. The number of benzene rings is 1. The molecule has 0 spiro atoms. The predicted molar refractivity (Wildman–Crippen MR) is 82.2 cm³/mol. The quantitative estimate of drug-likeness (QED) is 0.408. The summed E-state index contributed by atoms with van der Waals surface area (Å²) in [6, 6.07) is 9.20. The number of aromatic nitrogens is 3. The first kappa shape index (κ1) is 18.4. The Morgan fingerprint density at radius 3 is 1.96 bits per heavy atom. The maximum atomic E-state index is 9.01. The number of nitrogens with zero attached hydrogens (tertiary/aromatic N) is 5. The summed E-state index contributed by atoms with van der Waals surface area (Å²) >= 11 is 0. The Hall–Kier alpha value is -2.64. The third-order valence-electron chi connectivity index (χ3n) is 2.74. The lowest BCUT2D eigenvalue weighted by Crippen LogP contribution is -2.50. The number of nitrogens with two attached hydrogens (primary N) is 1. The summed E-state index contributed by atoms with van der Waals surface area (Å²) in [6.45, 7) is -1.21. The second kappa shape index (κ2) is 9.39. The zero-order chi connectivity index (χ0) is 17.1. The van der Waals surface area contributed by atoms with Gasteiger partial charge in [-0.1, -0.05) is 18.2 Å². The Labute approximate surface area is 133 Å². The zero-order valence-electron chi connectivity index (χ0n) is 12.3. The molecule has 2 aromatic rings. The maximum Gasteiger partial charge on any atom is 0.246 e. The Morgan fingerprint density at radius 1 is 1.04 bits per heavy atom. The van der Waals surface area contributed by atoms with E-state index < -0.39 is 25.4 Å². The molecular weight excluding hydrogens is 300 g/mol. The van der Waals surface area contributed by atoms with Crippen molar-refractivity contribution < 1.29 is 15.3 Å². The molecule has 9 nitrogen and oxygen atoms in total. The first-order chi connectivity index (χ1) is 11.1. The Balaban J connectivity index is 0.000000284. The van der Waals surface area contributed by atoms with Crippen molar-refractivity contribution in [3.05, 3.63) is 43.0 Å². The van der Waals surface area contributed by atoms with E-state index in [1.54, 1.807) is 0 Å². The molecule has 9 heteroatoms. The van der Waals surface area contributed by atoms with E-state index in [-0.39, 0.29) is 0 Å². The lowest BCUT2D eigenvalue weighted by molar-refractivity contribution is 0.0698. The molecule has 0 fully saturated rings. The molecule has 23 heavy (non-hydrogen) atoms. The van der Waals surface area contributed by atoms with Crippen molar-refractivity contribution in [2.45, 2.75) is 5.54 Å². The molecule has 0 radical (unpaired) electrons. The topological polar surface area (TPSA) is 152 Å². The molecule has 0 saturated heterocycles. The van der Waals surface area contributed by atoms with Crippen LogP contribution in [0.2, 0.25) is 0 Å². The minimum atomic E-state index is -1.21. The van der Waals surface area contributed by atoms with Gasteiger partial charge in [0.15, 0.2) is 6.19 Å². The van der Waals surface area contributed by atoms with Crippen LogP contribution in [0.4, 0.5) is 11.6 Å². The molecule has 1 heterocycles. The van der Waals surface area contributed by atoms with Crippen molar-refractivity contribution in [1.29, 1.82) is 5.26 Å². The Kier molecular flexibility index (Phi) is 7.52. The van der Waals surface area contributed by atoms with E-state index in [1.807, 2.05) is 36.5 Å². The second-order valence-corrected chi connectivity index (χ2v) is 4.55. The minimum absolute atomic E-state index is 0.318. The number of aliphatic hydroxyl groups excluding tert-OH is 3. The van der Waals surface area contributed by atoms with Crippen LogP contribution in [0.1, 0.15) is 0 Å². The highest BCUT2D eigenvalue weighted by atomic mass is 16.3. The first-order valence-corrected chi connectivity index (χ1v) is 6.58. The highest BCUT2D eigenvalue weighted by Crippen LogP contribution is 2.18. The van der Waals surface area contributed by atoms with Gasteiger partial charge in [0.05, 0.1) is 31.0 Å². The van der Waals surface area contributed by atoms with Gasteiger partial charge in [-0.15, -0.1) is 0 Å². The highest BCUT2D eigenvalue weighted by molar-refractivity contribution is 5.60. The minimum Gasteiger partial charge on any atom is -0.394 e. The SMILES string of the molecule is N#CN(c1ccccc1)c1ncncn1.NC(CO)(CO)CO. The van der Waals surface area contributed by atoms with E-state index in [9.17, 15) is 0 Å². The lowest BCUT2D eigenvalue weighted by Gasteiger charge is -2.20. The largest absolute Gasteiger partial charge is 0.394 e. The molecule has 5 N–H and O–H groups in total. The van der Waals surface area contributed by atoms with Crippen molar-refractivity contribution in [3.63, 3.8) is 0 Å². The van der Waals surface area contributed by atoms with Gasteiger partial charge < -0.3 is 21.1 Å². The van der Waals surface area contributed by atoms with Crippen molar-refractivity contribution in [3.8, 4) is 6.19 Å². The van der Waals surface area contributed by atoms with E-state index in [0.717, 1.165) is 5.69 Å². The Morgan fingerprint density at radius 2 is 1.57 bits per heavy atom. The number of hydrogen-bond acceptors (Lipinski definition) is 9. The van der Waals surface area contributed by atoms with Crippen molar-refractivity contribution in [1.82, 2.24) is 15.0 Å². The van der Waals surface area contributed by atoms with Gasteiger partial charge in [-0.3, -0.25) is 0 Å². The van der Waals surface area contributed by atoms with Crippen LogP contribution >= 0.6 is 0 Å². The smallest absolute Gasteiger partial charge is 0.246 e. The molecule has 0 bridgehead atoms. The summed E-state index contributed by atoms with van der Waals surface area (Å²) in [5, 5.41) is 34.0. The number of anilines is 2. The van der Waals surface area contributed by atoms with Crippen LogP contribution in [0.5, 0.6) is 0 Å². The molecule has 1 aromatic carbocycles. The Bertz CT molecular complexity index is 553. The van der Waals surface area contributed by atoms with E-state index in [1.165, 1.54) is 17.6 Å². The van der Waals surface area contributed by atoms with Gasteiger partial charge in [0.25, 0.3) is 0 Å². The summed E-state index contributed by atoms with van der Waals surface area (Å²) in [4.78, 5) is 12.8. The van der Waals surface area contributed by atoms with Crippen molar-refractivity contribution in [2.75, 3.05) is 24.7 Å². The first-order valence-electron chi connectivity index (χ1n) is 6.58. The van der Waals surface area contributed by atoms with Gasteiger partial charge in [0.2, 0.25) is 5.95 Å². The van der Waals surface area contributed by atoms with E-state index >= 15 is 0 Å². The molecule has 0 aliphatic rings. The average Bonchev–Trinajstić information content (AvgIpc) is 2.64. The van der Waals surface area contributed by atoms with Crippen LogP contribution < -0.4 is 10.6 Å². The lowest BCUT2D eigenvalue weighted by atomic mass is 10.1. The monoisotopic (exact) mass is 318 g/mol. The molecule has 0 unspecified atom stereocenters. The van der Waals surface area contributed by atoms with Crippen LogP contribution in [0, 0.1) is 11.5 Å². The van der Waals surface area contributed by atoms with Gasteiger partial charge in [0, 0.05) is 0 Å². The molecule has 0 atom stereocenters. The number of nitriles is 1. The highest BCUT2D eigenvalue weighted by Gasteiger charge is 2.20. The normalized spacial score (nSPS) is 10.2. The molecule has 1 aromatic heterocycles. The summed E-state index contributed by atoms with van der Waals surface area (Å²) in [5.74, 6) is 0.318. The van der Waals surface area contributed by atoms with Gasteiger partial charge in [-0.25, -0.2) is 19.9 Å². The number of aliphatic hydroxyl groups is 3. The van der Waals surface area contributed by atoms with Crippen LogP contribution in [0.25, 0.3) is 0 Å². The van der Waals surface area contributed by atoms with Crippen LogP contribution in [-0.2, 0) is 0 Å². The van der Waals surface area contributed by atoms with Crippen LogP contribution in [0.15, 0.2) is 43.0 Å². The standard InChI is InChI=1S/C10H7N5.C4H11NO3/c11-6-15(9-4-2-1-3-5-9)10-13-7-12-8-14-10;5-4(1-6,2-7)3-8/h1-5,7-8H;6-8H,1-3,5H2. The molecular formula is C14H18N6O3. The molecule has 0 saturated carbocycles. The van der Waals surface area contributed by atoms with E-state index in [2.05, 4.69) is 15.0 Å². The van der Waals surface area contributed by atoms with Crippen LogP contribution in [-0.4, -0.2) is 55.6 Å². The van der Waals surface area contributed by atoms with Crippen LogP contribution in [0.3, 0.4) is 0 Å². The van der Waals surface area contributed by atoms with E-state index in [4.69, 9.17) is 26.3 Å². The van der Waals surface area contributed by atoms with E-state index in [0.29, 0.717) is 5.95 Å². The molecule has 122 valence electrons. The summed E-state index contributed by atoms with van der Waals surface area (Å²) in [6.07, 6.45) is 4.73. The maximum absolute atomic E-state index is 9.01. The van der Waals surface area contributed by atoms with Gasteiger partial charge in [0.1, 0.15) is 12.7 Å². The van der Waals surface area contributed by atoms with Gasteiger partial charge in [-0.05, 0) is 12.1 Å². The third kappa shape index (κ3) is 5.57. The summed E-state index contributed by atoms with van der Waals surface area (Å²) in [5.41, 5.74) is 4.67. The predicted octanol–water partition coefficient (Wildman–Crippen LogP) is -0.848. The molecule has 0 aliphatic heterocycles. The summed E-state index contributed by atoms with van der Waals surface area (Å²) < 4.78 is 0. The molecule has 0 aliphatic carbocycles. The fourth-order valence-corrected chi connectivity index (χ4v) is 1.29. The molecule has 0 amide bonds. The molecule has 2 rings (SSSR count).